The fraction of sp³-hybridized carbons (Fsp3) is 0.444. The van der Waals surface area contributed by atoms with E-state index in [1.807, 2.05) is 35.2 Å². The Kier molecular flexibility index (Phi) is 6.23. The molecular formula is C27H31N3O5S. The molecule has 0 N–H and O–H groups in total. The maximum atomic E-state index is 13.7. The molecule has 1 fully saturated rings. The molecule has 36 heavy (non-hydrogen) atoms. The maximum Gasteiger partial charge on any atom is 0.243 e. The van der Waals surface area contributed by atoms with Gasteiger partial charge in [0.15, 0.2) is 11.5 Å². The SMILES string of the molecule is O=C(C(CN1CCCC1)c1ccccc1)N1CC2=C(C1)CN(S(=O)(=O)c1ccc3c(c1)OCCO3)C2. The number of sulfonamides is 1. The Morgan fingerprint density at radius 1 is 0.861 bits per heavy atom. The van der Waals surface area contributed by atoms with Crippen LogP contribution in [-0.2, 0) is 14.8 Å². The Balaban J connectivity index is 1.14. The lowest BCUT2D eigenvalue weighted by atomic mass is 9.97. The van der Waals surface area contributed by atoms with Crippen LogP contribution in [0.25, 0.3) is 0 Å². The van der Waals surface area contributed by atoms with E-state index in [2.05, 4.69) is 4.90 Å². The van der Waals surface area contributed by atoms with Gasteiger partial charge in [0.1, 0.15) is 13.2 Å². The Morgan fingerprint density at radius 2 is 1.53 bits per heavy atom. The van der Waals surface area contributed by atoms with Crippen molar-refractivity contribution in [1.29, 1.82) is 0 Å². The van der Waals surface area contributed by atoms with Crippen molar-refractivity contribution in [2.75, 3.05) is 59.0 Å². The summed E-state index contributed by atoms with van der Waals surface area (Å²) in [5.74, 6) is 0.952. The molecule has 4 aliphatic rings. The quantitative estimate of drug-likeness (QED) is 0.557. The topological polar surface area (TPSA) is 79.4 Å². The molecule has 0 saturated carbocycles. The molecule has 4 aliphatic heterocycles. The van der Waals surface area contributed by atoms with E-state index in [-0.39, 0.29) is 16.7 Å². The highest BCUT2D eigenvalue weighted by atomic mass is 32.2. The van der Waals surface area contributed by atoms with Gasteiger partial charge in [-0.2, -0.15) is 4.31 Å². The molecule has 1 amide bonds. The minimum atomic E-state index is -3.68. The summed E-state index contributed by atoms with van der Waals surface area (Å²) in [6.45, 7) is 5.29. The number of rotatable bonds is 6. The van der Waals surface area contributed by atoms with E-state index in [9.17, 15) is 13.2 Å². The van der Waals surface area contributed by atoms with Crippen LogP contribution in [0.4, 0.5) is 0 Å². The molecule has 1 unspecified atom stereocenters. The Labute approximate surface area is 212 Å². The Morgan fingerprint density at radius 3 is 2.22 bits per heavy atom. The number of likely N-dealkylation sites (tertiary alicyclic amines) is 1. The van der Waals surface area contributed by atoms with Crippen LogP contribution in [0, 0.1) is 0 Å². The second-order valence-electron chi connectivity index (χ2n) is 9.95. The number of hydrogen-bond acceptors (Lipinski definition) is 6. The van der Waals surface area contributed by atoms with Crippen molar-refractivity contribution >= 4 is 15.9 Å². The third-order valence-electron chi connectivity index (χ3n) is 7.60. The molecule has 2 aromatic carbocycles. The van der Waals surface area contributed by atoms with Gasteiger partial charge in [0.2, 0.25) is 15.9 Å². The van der Waals surface area contributed by atoms with E-state index in [0.29, 0.717) is 50.9 Å². The molecule has 0 aromatic heterocycles. The van der Waals surface area contributed by atoms with Gasteiger partial charge in [-0.3, -0.25) is 4.79 Å². The summed E-state index contributed by atoms with van der Waals surface area (Å²) in [4.78, 5) is 18.2. The second kappa shape index (κ2) is 9.53. The number of ether oxygens (including phenoxy) is 2. The van der Waals surface area contributed by atoms with E-state index in [1.165, 1.54) is 17.1 Å². The number of carbonyl (C=O) groups excluding carboxylic acids is 1. The number of nitrogens with zero attached hydrogens (tertiary/aromatic N) is 3. The maximum absolute atomic E-state index is 13.7. The van der Waals surface area contributed by atoms with Gasteiger partial charge in [-0.25, -0.2) is 8.42 Å². The zero-order chi connectivity index (χ0) is 24.7. The summed E-state index contributed by atoms with van der Waals surface area (Å²) in [6.07, 6.45) is 2.37. The van der Waals surface area contributed by atoms with Gasteiger partial charge < -0.3 is 19.3 Å². The van der Waals surface area contributed by atoms with Crippen LogP contribution in [0.3, 0.4) is 0 Å². The Hall–Kier alpha value is -2.88. The van der Waals surface area contributed by atoms with Gasteiger partial charge in [0.25, 0.3) is 0 Å². The number of hydrogen-bond donors (Lipinski definition) is 0. The molecule has 6 rings (SSSR count). The van der Waals surface area contributed by atoms with Crippen LogP contribution >= 0.6 is 0 Å². The highest BCUT2D eigenvalue weighted by molar-refractivity contribution is 7.89. The van der Waals surface area contributed by atoms with Gasteiger partial charge in [-0.15, -0.1) is 0 Å². The standard InChI is InChI=1S/C27H31N3O5S/c31-27(24(19-28-10-4-5-11-28)20-6-2-1-3-7-20)29-15-21-17-30(18-22(21)16-29)36(32,33)23-8-9-25-26(14-23)35-13-12-34-25/h1-3,6-9,14,24H,4-5,10-13,15-19H2. The zero-order valence-corrected chi connectivity index (χ0v) is 21.1. The summed E-state index contributed by atoms with van der Waals surface area (Å²) in [6, 6.07) is 14.8. The monoisotopic (exact) mass is 509 g/mol. The van der Waals surface area contributed by atoms with Gasteiger partial charge in [-0.1, -0.05) is 30.3 Å². The summed E-state index contributed by atoms with van der Waals surface area (Å²) in [5, 5.41) is 0. The summed E-state index contributed by atoms with van der Waals surface area (Å²) in [5.41, 5.74) is 3.12. The minimum Gasteiger partial charge on any atom is -0.486 e. The van der Waals surface area contributed by atoms with Crippen molar-refractivity contribution in [3.8, 4) is 11.5 Å². The summed E-state index contributed by atoms with van der Waals surface area (Å²) >= 11 is 0. The largest absolute Gasteiger partial charge is 0.486 e. The third kappa shape index (κ3) is 4.40. The second-order valence-corrected chi connectivity index (χ2v) is 11.9. The molecule has 9 heteroatoms. The molecule has 0 spiro atoms. The van der Waals surface area contributed by atoms with Crippen molar-refractivity contribution in [1.82, 2.24) is 14.1 Å². The number of amides is 1. The first kappa shape index (κ1) is 23.5. The molecule has 0 bridgehead atoms. The molecule has 4 heterocycles. The van der Waals surface area contributed by atoms with Gasteiger partial charge in [0, 0.05) is 38.8 Å². The molecule has 1 atom stereocenters. The fourth-order valence-corrected chi connectivity index (χ4v) is 7.11. The zero-order valence-electron chi connectivity index (χ0n) is 20.3. The number of fused-ring (bicyclic) bond motifs is 1. The fourth-order valence-electron chi connectivity index (χ4n) is 5.66. The summed E-state index contributed by atoms with van der Waals surface area (Å²) < 4.78 is 39.3. The first-order valence-electron chi connectivity index (χ1n) is 12.6. The lowest BCUT2D eigenvalue weighted by molar-refractivity contribution is -0.132. The number of carbonyl (C=O) groups is 1. The van der Waals surface area contributed by atoms with Crippen LogP contribution in [0.2, 0.25) is 0 Å². The Bertz CT molecular complexity index is 1270. The van der Waals surface area contributed by atoms with Crippen LogP contribution in [0.15, 0.2) is 64.6 Å². The first-order chi connectivity index (χ1) is 17.5. The average molecular weight is 510 g/mol. The van der Waals surface area contributed by atoms with Gasteiger partial charge >= 0.3 is 0 Å². The lowest BCUT2D eigenvalue weighted by Crippen LogP contribution is -2.41. The van der Waals surface area contributed by atoms with E-state index >= 15 is 0 Å². The van der Waals surface area contributed by atoms with Crippen molar-refractivity contribution in [3.63, 3.8) is 0 Å². The molecular weight excluding hydrogens is 478 g/mol. The number of benzene rings is 2. The van der Waals surface area contributed by atoms with E-state index < -0.39 is 10.0 Å². The molecule has 8 nitrogen and oxygen atoms in total. The molecule has 2 aromatic rings. The van der Waals surface area contributed by atoms with Crippen molar-refractivity contribution < 1.29 is 22.7 Å². The van der Waals surface area contributed by atoms with Crippen LogP contribution < -0.4 is 9.47 Å². The average Bonchev–Trinajstić information content (AvgIpc) is 3.64. The predicted octanol–water partition coefficient (Wildman–Crippen LogP) is 2.48. The molecule has 190 valence electrons. The van der Waals surface area contributed by atoms with Crippen molar-refractivity contribution in [3.05, 3.63) is 65.2 Å². The van der Waals surface area contributed by atoms with Crippen molar-refractivity contribution in [2.45, 2.75) is 23.7 Å². The van der Waals surface area contributed by atoms with Crippen LogP contribution in [0.1, 0.15) is 24.3 Å². The lowest BCUT2D eigenvalue weighted by Gasteiger charge is -2.29. The molecule has 0 aliphatic carbocycles. The van der Waals surface area contributed by atoms with Crippen LogP contribution in [0.5, 0.6) is 11.5 Å². The minimum absolute atomic E-state index is 0.128. The molecule has 0 radical (unpaired) electrons. The highest BCUT2D eigenvalue weighted by Crippen LogP contribution is 2.36. The van der Waals surface area contributed by atoms with Gasteiger partial charge in [-0.05, 0) is 54.8 Å². The highest BCUT2D eigenvalue weighted by Gasteiger charge is 2.40. The van der Waals surface area contributed by atoms with E-state index in [1.54, 1.807) is 18.2 Å². The third-order valence-corrected chi connectivity index (χ3v) is 9.39. The normalized spacial score (nSPS) is 21.2. The van der Waals surface area contributed by atoms with E-state index in [0.717, 1.165) is 36.3 Å². The van der Waals surface area contributed by atoms with Crippen LogP contribution in [-0.4, -0.2) is 87.5 Å². The predicted molar refractivity (Wildman–Crippen MR) is 135 cm³/mol. The van der Waals surface area contributed by atoms with Crippen molar-refractivity contribution in [2.24, 2.45) is 0 Å². The smallest absolute Gasteiger partial charge is 0.243 e. The summed E-state index contributed by atoms with van der Waals surface area (Å²) in [7, 11) is -3.68. The first-order valence-corrected chi connectivity index (χ1v) is 14.1. The van der Waals surface area contributed by atoms with Gasteiger partial charge in [0.05, 0.1) is 10.8 Å². The molecule has 1 saturated heterocycles. The van der Waals surface area contributed by atoms with E-state index in [4.69, 9.17) is 9.47 Å².